The van der Waals surface area contributed by atoms with E-state index in [0.29, 0.717) is 18.8 Å². The molecule has 0 atom stereocenters. The highest BCUT2D eigenvalue weighted by molar-refractivity contribution is 6.39. The highest BCUT2D eigenvalue weighted by Gasteiger charge is 2.25. The summed E-state index contributed by atoms with van der Waals surface area (Å²) in [5, 5.41) is 2.76. The van der Waals surface area contributed by atoms with Crippen LogP contribution < -0.4 is 10.2 Å². The summed E-state index contributed by atoms with van der Waals surface area (Å²) in [5.41, 5.74) is 2.78. The van der Waals surface area contributed by atoms with Gasteiger partial charge < -0.3 is 20.0 Å². The molecule has 1 aliphatic rings. The van der Waals surface area contributed by atoms with Gasteiger partial charge in [-0.2, -0.15) is 0 Å². The molecule has 0 aromatic heterocycles. The number of hydrogen-bond acceptors (Lipinski definition) is 4. The van der Waals surface area contributed by atoms with E-state index in [4.69, 9.17) is 0 Å². The SMILES string of the molecule is CCN(CC)c1ccc(NC(=O)C(=O)N2CCN(C)CC2)c(C)c1. The van der Waals surface area contributed by atoms with E-state index in [1.165, 1.54) is 0 Å². The minimum atomic E-state index is -0.557. The Morgan fingerprint density at radius 3 is 2.29 bits per heavy atom. The molecule has 24 heavy (non-hydrogen) atoms. The minimum Gasteiger partial charge on any atom is -0.372 e. The number of rotatable bonds is 4. The van der Waals surface area contributed by atoms with Crippen molar-refractivity contribution in [2.24, 2.45) is 0 Å². The summed E-state index contributed by atoms with van der Waals surface area (Å²) in [7, 11) is 2.02. The van der Waals surface area contributed by atoms with Crippen LogP contribution in [0.4, 0.5) is 11.4 Å². The Morgan fingerprint density at radius 1 is 1.12 bits per heavy atom. The zero-order chi connectivity index (χ0) is 17.7. The average molecular weight is 332 g/mol. The van der Waals surface area contributed by atoms with E-state index in [1.54, 1.807) is 4.90 Å². The molecule has 1 saturated heterocycles. The van der Waals surface area contributed by atoms with Crippen LogP contribution in [0.2, 0.25) is 0 Å². The van der Waals surface area contributed by atoms with Crippen LogP contribution in [0.5, 0.6) is 0 Å². The Hall–Kier alpha value is -2.08. The zero-order valence-electron chi connectivity index (χ0n) is 15.1. The van der Waals surface area contributed by atoms with Crippen molar-refractivity contribution in [1.82, 2.24) is 9.80 Å². The number of hydrogen-bond donors (Lipinski definition) is 1. The van der Waals surface area contributed by atoms with E-state index in [-0.39, 0.29) is 0 Å². The third-order valence-corrected chi connectivity index (χ3v) is 4.57. The predicted octanol–water partition coefficient (Wildman–Crippen LogP) is 1.55. The summed E-state index contributed by atoms with van der Waals surface area (Å²) in [6.07, 6.45) is 0. The molecule has 1 aromatic carbocycles. The number of nitrogens with zero attached hydrogens (tertiary/aromatic N) is 3. The van der Waals surface area contributed by atoms with Crippen molar-refractivity contribution >= 4 is 23.2 Å². The Kier molecular flexibility index (Phi) is 6.20. The van der Waals surface area contributed by atoms with Gasteiger partial charge in [0, 0.05) is 50.6 Å². The van der Waals surface area contributed by atoms with Crippen LogP contribution in [0.1, 0.15) is 19.4 Å². The van der Waals surface area contributed by atoms with Gasteiger partial charge >= 0.3 is 11.8 Å². The Bertz CT molecular complexity index is 591. The first kappa shape index (κ1) is 18.3. The molecular formula is C18H28N4O2. The number of carbonyl (C=O) groups excluding carboxylic acids is 2. The molecule has 0 aliphatic carbocycles. The Balaban J connectivity index is 2.02. The van der Waals surface area contributed by atoms with Gasteiger partial charge in [-0.25, -0.2) is 0 Å². The maximum Gasteiger partial charge on any atom is 0.313 e. The quantitative estimate of drug-likeness (QED) is 0.850. The lowest BCUT2D eigenvalue weighted by Crippen LogP contribution is -2.50. The lowest BCUT2D eigenvalue weighted by Gasteiger charge is -2.31. The van der Waals surface area contributed by atoms with Gasteiger partial charge in [0.1, 0.15) is 0 Å². The molecule has 1 aliphatic heterocycles. The van der Waals surface area contributed by atoms with Crippen molar-refractivity contribution in [3.8, 4) is 0 Å². The number of amides is 2. The summed E-state index contributed by atoms with van der Waals surface area (Å²) in [5.74, 6) is -1.01. The normalized spacial score (nSPS) is 15.2. The molecule has 1 fully saturated rings. The molecule has 132 valence electrons. The van der Waals surface area contributed by atoms with Crippen molar-refractivity contribution in [3.63, 3.8) is 0 Å². The van der Waals surface area contributed by atoms with Crippen LogP contribution in [0.15, 0.2) is 18.2 Å². The van der Waals surface area contributed by atoms with Gasteiger partial charge in [0.25, 0.3) is 0 Å². The smallest absolute Gasteiger partial charge is 0.313 e. The van der Waals surface area contributed by atoms with Gasteiger partial charge in [0.15, 0.2) is 0 Å². The largest absolute Gasteiger partial charge is 0.372 e. The highest BCUT2D eigenvalue weighted by Crippen LogP contribution is 2.22. The second kappa shape index (κ2) is 8.15. The topological polar surface area (TPSA) is 55.9 Å². The number of nitrogens with one attached hydrogen (secondary N) is 1. The standard InChI is InChI=1S/C18H28N4O2/c1-5-21(6-2)15-7-8-16(14(3)13-15)19-17(23)18(24)22-11-9-20(4)10-12-22/h7-8,13H,5-6,9-12H2,1-4H3,(H,19,23). The summed E-state index contributed by atoms with van der Waals surface area (Å²) >= 11 is 0. The molecule has 1 aromatic rings. The predicted molar refractivity (Wildman–Crippen MR) is 97.4 cm³/mol. The van der Waals surface area contributed by atoms with Gasteiger partial charge in [-0.3, -0.25) is 9.59 Å². The van der Waals surface area contributed by atoms with Gasteiger partial charge in [-0.05, 0) is 51.6 Å². The van der Waals surface area contributed by atoms with Gasteiger partial charge in [-0.15, -0.1) is 0 Å². The molecule has 6 nitrogen and oxygen atoms in total. The van der Waals surface area contributed by atoms with E-state index < -0.39 is 11.8 Å². The lowest BCUT2D eigenvalue weighted by molar-refractivity contribution is -0.144. The second-order valence-electron chi connectivity index (χ2n) is 6.22. The summed E-state index contributed by atoms with van der Waals surface area (Å²) in [6, 6.07) is 5.90. The number of piperazine rings is 1. The van der Waals surface area contributed by atoms with E-state index in [9.17, 15) is 9.59 Å². The van der Waals surface area contributed by atoms with Gasteiger partial charge in [-0.1, -0.05) is 0 Å². The molecule has 2 amide bonds. The van der Waals surface area contributed by atoms with E-state index in [0.717, 1.165) is 37.4 Å². The first-order valence-corrected chi connectivity index (χ1v) is 8.60. The van der Waals surface area contributed by atoms with Crippen molar-refractivity contribution in [2.45, 2.75) is 20.8 Å². The highest BCUT2D eigenvalue weighted by atomic mass is 16.2. The number of benzene rings is 1. The van der Waals surface area contributed by atoms with Crippen LogP contribution in [-0.4, -0.2) is 67.9 Å². The fraction of sp³-hybridized carbons (Fsp3) is 0.556. The summed E-state index contributed by atoms with van der Waals surface area (Å²) < 4.78 is 0. The molecule has 0 radical (unpaired) electrons. The van der Waals surface area contributed by atoms with Crippen LogP contribution in [-0.2, 0) is 9.59 Å². The van der Waals surface area contributed by atoms with Crippen LogP contribution in [0.3, 0.4) is 0 Å². The maximum atomic E-state index is 12.3. The number of carbonyl (C=O) groups is 2. The molecule has 6 heteroatoms. The Labute approximate surface area is 144 Å². The molecule has 0 saturated carbocycles. The van der Waals surface area contributed by atoms with Crippen molar-refractivity contribution in [1.29, 1.82) is 0 Å². The fourth-order valence-corrected chi connectivity index (χ4v) is 2.90. The van der Waals surface area contributed by atoms with E-state index >= 15 is 0 Å². The minimum absolute atomic E-state index is 0.449. The van der Waals surface area contributed by atoms with Crippen LogP contribution in [0, 0.1) is 6.92 Å². The first-order chi connectivity index (χ1) is 11.5. The number of anilines is 2. The van der Waals surface area contributed by atoms with Crippen molar-refractivity contribution in [2.75, 3.05) is 56.5 Å². The average Bonchev–Trinajstić information content (AvgIpc) is 2.58. The molecule has 1 heterocycles. The lowest BCUT2D eigenvalue weighted by atomic mass is 10.1. The molecule has 0 unspecified atom stereocenters. The third-order valence-electron chi connectivity index (χ3n) is 4.57. The van der Waals surface area contributed by atoms with E-state index in [2.05, 4.69) is 29.0 Å². The number of aryl methyl sites for hydroxylation is 1. The molecule has 2 rings (SSSR count). The second-order valence-corrected chi connectivity index (χ2v) is 6.22. The van der Waals surface area contributed by atoms with Crippen molar-refractivity contribution < 1.29 is 9.59 Å². The molecule has 0 bridgehead atoms. The summed E-state index contributed by atoms with van der Waals surface area (Å²) in [6.45, 7) is 10.8. The third kappa shape index (κ3) is 4.26. The number of likely N-dealkylation sites (N-methyl/N-ethyl adjacent to an activating group) is 1. The molecule has 1 N–H and O–H groups in total. The Morgan fingerprint density at radius 2 is 1.75 bits per heavy atom. The fourth-order valence-electron chi connectivity index (χ4n) is 2.90. The van der Waals surface area contributed by atoms with Gasteiger partial charge in [0.05, 0.1) is 0 Å². The van der Waals surface area contributed by atoms with Crippen LogP contribution in [0.25, 0.3) is 0 Å². The van der Waals surface area contributed by atoms with Crippen molar-refractivity contribution in [3.05, 3.63) is 23.8 Å². The maximum absolute atomic E-state index is 12.3. The molecule has 0 spiro atoms. The zero-order valence-corrected chi connectivity index (χ0v) is 15.1. The molecular weight excluding hydrogens is 304 g/mol. The summed E-state index contributed by atoms with van der Waals surface area (Å²) in [4.78, 5) is 30.5. The monoisotopic (exact) mass is 332 g/mol. The van der Waals surface area contributed by atoms with Gasteiger partial charge in [0.2, 0.25) is 0 Å². The van der Waals surface area contributed by atoms with Crippen LogP contribution >= 0.6 is 0 Å². The first-order valence-electron chi connectivity index (χ1n) is 8.60. The van der Waals surface area contributed by atoms with E-state index in [1.807, 2.05) is 32.2 Å².